The molecule has 0 saturated carbocycles. The number of rotatable bonds is 7. The predicted molar refractivity (Wildman–Crippen MR) is 49.3 cm³/mol. The third-order valence-electron chi connectivity index (χ3n) is 2.02. The molecule has 0 fully saturated rings. The van der Waals surface area contributed by atoms with Gasteiger partial charge in [0.25, 0.3) is 0 Å². The fraction of sp³-hybridized carbons (Fsp3) is 1.00. The van der Waals surface area contributed by atoms with E-state index in [1.807, 2.05) is 0 Å². The molecule has 0 saturated heterocycles. The monoisotopic (exact) mass is 270 g/mol. The molecule has 0 bridgehead atoms. The van der Waals surface area contributed by atoms with Gasteiger partial charge in [0.2, 0.25) is 0 Å². The molecule has 0 aromatic rings. The van der Waals surface area contributed by atoms with Gasteiger partial charge in [-0.3, -0.25) is 0 Å². The molecule has 2 atom stereocenters. The van der Waals surface area contributed by atoms with Gasteiger partial charge in [0.1, 0.15) is 0 Å². The lowest BCUT2D eigenvalue weighted by atomic mass is 10.1. The molecule has 0 rings (SSSR count). The van der Waals surface area contributed by atoms with Crippen LogP contribution in [0.15, 0.2) is 0 Å². The minimum Gasteiger partial charge on any atom is -0.241 e. The summed E-state index contributed by atoms with van der Waals surface area (Å²) in [5.41, 5.74) is 0. The van der Waals surface area contributed by atoms with Crippen LogP contribution in [0.5, 0.6) is 0 Å². The lowest BCUT2D eigenvalue weighted by Gasteiger charge is -2.26. The van der Waals surface area contributed by atoms with Gasteiger partial charge in [-0.15, -0.1) is 4.94 Å². The van der Waals surface area contributed by atoms with Crippen LogP contribution in [-0.4, -0.2) is 24.0 Å². The van der Waals surface area contributed by atoms with Crippen LogP contribution in [0.3, 0.4) is 0 Å². The maximum atomic E-state index is 12.9. The molecular weight excluding hydrogens is 258 g/mol. The number of alkyl halides is 5. The summed E-state index contributed by atoms with van der Waals surface area (Å²) in [7, 11) is 0. The van der Waals surface area contributed by atoms with Crippen LogP contribution in [0.2, 0.25) is 0 Å². The molecule has 2 unspecified atom stereocenters. The SMILES string of the molecule is FOC(F)(C(F)CCCCCS)C(F)(F)F. The maximum absolute atomic E-state index is 12.9. The molecule has 0 aromatic heterocycles. The molecule has 0 N–H and O–H groups in total. The van der Waals surface area contributed by atoms with Crippen molar-refractivity contribution in [1.82, 2.24) is 0 Å². The Bertz CT molecular complexity index is 199. The average molecular weight is 270 g/mol. The minimum atomic E-state index is -5.73. The van der Waals surface area contributed by atoms with E-state index in [1.54, 1.807) is 0 Å². The van der Waals surface area contributed by atoms with Crippen LogP contribution in [0.25, 0.3) is 0 Å². The second kappa shape index (κ2) is 6.58. The Morgan fingerprint density at radius 3 is 2.00 bits per heavy atom. The van der Waals surface area contributed by atoms with Crippen LogP contribution >= 0.6 is 12.6 Å². The molecule has 0 heterocycles. The molecule has 0 aliphatic rings. The van der Waals surface area contributed by atoms with Gasteiger partial charge in [0.05, 0.1) is 0 Å². The second-order valence-corrected chi connectivity index (χ2v) is 3.71. The van der Waals surface area contributed by atoms with Crippen molar-refractivity contribution in [2.24, 2.45) is 0 Å². The second-order valence-electron chi connectivity index (χ2n) is 3.26. The summed E-state index contributed by atoms with van der Waals surface area (Å²) >= 11 is 3.83. The number of halogens is 6. The Morgan fingerprint density at radius 1 is 1.06 bits per heavy atom. The van der Waals surface area contributed by atoms with Gasteiger partial charge in [-0.2, -0.15) is 30.2 Å². The Kier molecular flexibility index (Phi) is 6.54. The maximum Gasteiger partial charge on any atom is 0.454 e. The van der Waals surface area contributed by atoms with Crippen LogP contribution in [0.1, 0.15) is 25.7 Å². The van der Waals surface area contributed by atoms with Gasteiger partial charge in [-0.25, -0.2) is 4.39 Å². The Labute approximate surface area is 94.5 Å². The quantitative estimate of drug-likeness (QED) is 0.419. The van der Waals surface area contributed by atoms with E-state index in [-0.39, 0.29) is 6.42 Å². The van der Waals surface area contributed by atoms with E-state index < -0.39 is 24.6 Å². The van der Waals surface area contributed by atoms with Crippen molar-refractivity contribution in [2.45, 2.75) is 43.9 Å². The Morgan fingerprint density at radius 2 is 1.62 bits per heavy atom. The van der Waals surface area contributed by atoms with Gasteiger partial charge in [0.15, 0.2) is 6.17 Å². The van der Waals surface area contributed by atoms with Crippen LogP contribution in [0.4, 0.5) is 26.5 Å². The summed E-state index contributed by atoms with van der Waals surface area (Å²) in [6.07, 6.45) is -8.59. The molecule has 0 aliphatic carbocycles. The summed E-state index contributed by atoms with van der Waals surface area (Å²) in [6, 6.07) is 0. The topological polar surface area (TPSA) is 9.23 Å². The number of unbranched alkanes of at least 4 members (excludes halogenated alkanes) is 2. The predicted octanol–water partition coefficient (Wildman–Crippen LogP) is 3.94. The largest absolute Gasteiger partial charge is 0.454 e. The minimum absolute atomic E-state index is 0.00678. The van der Waals surface area contributed by atoms with E-state index in [0.717, 1.165) is 0 Å². The van der Waals surface area contributed by atoms with E-state index >= 15 is 0 Å². The molecule has 0 amide bonds. The summed E-state index contributed by atoms with van der Waals surface area (Å²) in [6.45, 7) is 0. The molecule has 16 heavy (non-hydrogen) atoms. The molecule has 0 aliphatic heterocycles. The average Bonchev–Trinajstić information content (AvgIpc) is 2.21. The zero-order valence-electron chi connectivity index (χ0n) is 8.24. The standard InChI is InChI=1S/C8H12F6OS/c9-6(4-2-1-3-5-16)7(10,15-14)8(11,12)13/h6,16H,1-5H2. The first-order chi connectivity index (χ1) is 7.29. The van der Waals surface area contributed by atoms with Gasteiger partial charge >= 0.3 is 12.0 Å². The summed E-state index contributed by atoms with van der Waals surface area (Å²) in [5, 5.41) is 0. The Hall–Kier alpha value is -0.110. The first-order valence-corrected chi connectivity index (χ1v) is 5.23. The number of thiol groups is 1. The van der Waals surface area contributed by atoms with Crippen molar-refractivity contribution < 1.29 is 31.4 Å². The number of hydrogen-bond acceptors (Lipinski definition) is 2. The smallest absolute Gasteiger partial charge is 0.241 e. The third-order valence-corrected chi connectivity index (χ3v) is 2.33. The van der Waals surface area contributed by atoms with Crippen molar-refractivity contribution in [3.05, 3.63) is 0 Å². The van der Waals surface area contributed by atoms with E-state index in [4.69, 9.17) is 0 Å². The summed E-state index contributed by atoms with van der Waals surface area (Å²) < 4.78 is 73.0. The molecule has 0 radical (unpaired) electrons. The van der Waals surface area contributed by atoms with E-state index in [1.165, 1.54) is 0 Å². The molecular formula is C8H12F6OS. The van der Waals surface area contributed by atoms with E-state index in [2.05, 4.69) is 17.6 Å². The van der Waals surface area contributed by atoms with Gasteiger partial charge < -0.3 is 0 Å². The molecule has 0 spiro atoms. The van der Waals surface area contributed by atoms with E-state index in [0.29, 0.717) is 18.6 Å². The summed E-state index contributed by atoms with van der Waals surface area (Å²) in [5.74, 6) is -4.37. The fourth-order valence-corrected chi connectivity index (χ4v) is 1.29. The van der Waals surface area contributed by atoms with Crippen molar-refractivity contribution in [1.29, 1.82) is 0 Å². The van der Waals surface area contributed by atoms with Crippen molar-refractivity contribution in [2.75, 3.05) is 5.75 Å². The lowest BCUT2D eigenvalue weighted by Crippen LogP contribution is -2.49. The molecule has 8 heteroatoms. The fourth-order valence-electron chi connectivity index (χ4n) is 1.07. The van der Waals surface area contributed by atoms with Crippen molar-refractivity contribution in [3.63, 3.8) is 0 Å². The van der Waals surface area contributed by atoms with Crippen LogP contribution < -0.4 is 0 Å². The summed E-state index contributed by atoms with van der Waals surface area (Å²) in [4.78, 5) is 2.14. The zero-order chi connectivity index (χ0) is 12.8. The Balaban J connectivity index is 4.26. The van der Waals surface area contributed by atoms with Gasteiger partial charge in [-0.05, 0) is 23.1 Å². The molecule has 98 valence electrons. The first-order valence-electron chi connectivity index (χ1n) is 4.60. The normalized spacial score (nSPS) is 18.2. The van der Waals surface area contributed by atoms with Gasteiger partial charge in [-0.1, -0.05) is 12.8 Å². The highest BCUT2D eigenvalue weighted by molar-refractivity contribution is 7.80. The highest BCUT2D eigenvalue weighted by Gasteiger charge is 2.64. The third kappa shape index (κ3) is 4.04. The van der Waals surface area contributed by atoms with Crippen molar-refractivity contribution >= 4 is 12.6 Å². The highest BCUT2D eigenvalue weighted by Crippen LogP contribution is 2.41. The van der Waals surface area contributed by atoms with E-state index in [9.17, 15) is 26.5 Å². The highest BCUT2D eigenvalue weighted by atomic mass is 32.1. The lowest BCUT2D eigenvalue weighted by molar-refractivity contribution is -0.418. The zero-order valence-corrected chi connectivity index (χ0v) is 9.13. The number of hydrogen-bond donors (Lipinski definition) is 1. The van der Waals surface area contributed by atoms with Crippen LogP contribution in [0, 0.1) is 0 Å². The van der Waals surface area contributed by atoms with Gasteiger partial charge in [0, 0.05) is 0 Å². The molecule has 0 aromatic carbocycles. The van der Waals surface area contributed by atoms with Crippen molar-refractivity contribution in [3.8, 4) is 0 Å². The molecule has 1 nitrogen and oxygen atoms in total. The van der Waals surface area contributed by atoms with Crippen LogP contribution in [-0.2, 0) is 4.94 Å². The first kappa shape index (κ1) is 15.9.